The Labute approximate surface area is 72.1 Å². The zero-order valence-corrected chi connectivity index (χ0v) is 7.12. The molecule has 0 heterocycles. The smallest absolute Gasteiger partial charge is 0.237 e. The highest BCUT2D eigenvalue weighted by molar-refractivity contribution is 5.78. The van der Waals surface area contributed by atoms with Crippen molar-refractivity contribution in [3.8, 4) is 0 Å². The number of hydrazine groups is 1. The fourth-order valence-electron chi connectivity index (χ4n) is 1.88. The van der Waals surface area contributed by atoms with E-state index in [-0.39, 0.29) is 24.3 Å². The Hall–Kier alpha value is -0.610. The minimum Gasteiger partial charge on any atom is -0.396 e. The lowest BCUT2D eigenvalue weighted by Gasteiger charge is -2.28. The van der Waals surface area contributed by atoms with Crippen LogP contribution in [0.4, 0.5) is 0 Å². The fraction of sp³-hybridized carbons (Fsp3) is 0.875. The summed E-state index contributed by atoms with van der Waals surface area (Å²) in [5, 5.41) is 8.99. The molecule has 70 valence electrons. The van der Waals surface area contributed by atoms with Crippen LogP contribution >= 0.6 is 0 Å². The Morgan fingerprint density at radius 1 is 1.50 bits per heavy atom. The summed E-state index contributed by atoms with van der Waals surface area (Å²) >= 11 is 0. The van der Waals surface area contributed by atoms with Crippen molar-refractivity contribution in [3.63, 3.8) is 0 Å². The Balaban J connectivity index is 2.52. The van der Waals surface area contributed by atoms with Gasteiger partial charge in [-0.05, 0) is 18.8 Å². The number of rotatable bonds is 2. The van der Waals surface area contributed by atoms with Gasteiger partial charge in [0.25, 0.3) is 0 Å². The highest BCUT2D eigenvalue weighted by Gasteiger charge is 2.29. The van der Waals surface area contributed by atoms with Crippen LogP contribution in [0.1, 0.15) is 25.7 Å². The van der Waals surface area contributed by atoms with Crippen molar-refractivity contribution in [2.75, 3.05) is 6.61 Å². The molecule has 0 spiro atoms. The number of nitrogens with one attached hydrogen (secondary N) is 1. The van der Waals surface area contributed by atoms with Gasteiger partial charge in [-0.25, -0.2) is 5.84 Å². The van der Waals surface area contributed by atoms with Crippen LogP contribution < -0.4 is 11.3 Å². The summed E-state index contributed by atoms with van der Waals surface area (Å²) in [6.45, 7) is 0.0953. The van der Waals surface area contributed by atoms with E-state index >= 15 is 0 Å². The quantitative estimate of drug-likeness (QED) is 0.306. The average molecular weight is 172 g/mol. The molecule has 0 radical (unpaired) electrons. The largest absolute Gasteiger partial charge is 0.396 e. The molecule has 1 amide bonds. The molecule has 12 heavy (non-hydrogen) atoms. The monoisotopic (exact) mass is 172 g/mol. The van der Waals surface area contributed by atoms with Crippen LogP contribution in [0.5, 0.6) is 0 Å². The summed E-state index contributed by atoms with van der Waals surface area (Å²) in [4.78, 5) is 11.2. The van der Waals surface area contributed by atoms with Gasteiger partial charge in [0.1, 0.15) is 0 Å². The number of carbonyl (C=O) groups excluding carboxylic acids is 1. The van der Waals surface area contributed by atoms with Crippen LogP contribution in [0, 0.1) is 11.8 Å². The first-order valence-corrected chi connectivity index (χ1v) is 4.41. The van der Waals surface area contributed by atoms with E-state index in [4.69, 9.17) is 10.9 Å². The molecular weight excluding hydrogens is 156 g/mol. The number of amides is 1. The van der Waals surface area contributed by atoms with E-state index < -0.39 is 0 Å². The van der Waals surface area contributed by atoms with Crippen LogP contribution in [0.2, 0.25) is 0 Å². The first-order chi connectivity index (χ1) is 5.79. The van der Waals surface area contributed by atoms with Gasteiger partial charge in [-0.2, -0.15) is 0 Å². The third-order valence-corrected chi connectivity index (χ3v) is 2.62. The van der Waals surface area contributed by atoms with Crippen LogP contribution in [0.25, 0.3) is 0 Å². The number of carbonyl (C=O) groups is 1. The first-order valence-electron chi connectivity index (χ1n) is 4.41. The van der Waals surface area contributed by atoms with Gasteiger partial charge in [0.05, 0.1) is 0 Å². The normalized spacial score (nSPS) is 29.8. The molecule has 2 unspecified atom stereocenters. The maximum absolute atomic E-state index is 11.2. The molecular formula is C8H16N2O2. The van der Waals surface area contributed by atoms with Crippen molar-refractivity contribution in [2.24, 2.45) is 17.7 Å². The van der Waals surface area contributed by atoms with E-state index in [1.165, 1.54) is 0 Å². The standard InChI is InChI=1S/C8H16N2O2/c9-10-8(12)7-4-2-1-3-6(7)5-11/h6-7,11H,1-5,9H2,(H,10,12). The van der Waals surface area contributed by atoms with E-state index in [9.17, 15) is 4.79 Å². The van der Waals surface area contributed by atoms with Crippen molar-refractivity contribution < 1.29 is 9.90 Å². The number of hydrogen-bond donors (Lipinski definition) is 3. The van der Waals surface area contributed by atoms with Gasteiger partial charge in [-0.1, -0.05) is 12.8 Å². The molecule has 2 atom stereocenters. The molecule has 1 aliphatic carbocycles. The fourth-order valence-corrected chi connectivity index (χ4v) is 1.88. The predicted octanol–water partition coefficient (Wildman–Crippen LogP) is -0.225. The summed E-state index contributed by atoms with van der Waals surface area (Å²) in [7, 11) is 0. The summed E-state index contributed by atoms with van der Waals surface area (Å²) in [5.41, 5.74) is 2.15. The van der Waals surface area contributed by atoms with Crippen molar-refractivity contribution in [1.29, 1.82) is 0 Å². The molecule has 4 nitrogen and oxygen atoms in total. The van der Waals surface area contributed by atoms with Gasteiger partial charge >= 0.3 is 0 Å². The molecule has 4 N–H and O–H groups in total. The molecule has 1 rings (SSSR count). The number of aliphatic hydroxyl groups is 1. The van der Waals surface area contributed by atoms with E-state index in [0.29, 0.717) is 0 Å². The molecule has 1 aliphatic rings. The van der Waals surface area contributed by atoms with Gasteiger partial charge in [0.2, 0.25) is 5.91 Å². The van der Waals surface area contributed by atoms with E-state index in [2.05, 4.69) is 5.43 Å². The van der Waals surface area contributed by atoms with E-state index in [1.807, 2.05) is 0 Å². The third-order valence-electron chi connectivity index (χ3n) is 2.62. The SMILES string of the molecule is NNC(=O)C1CCCCC1CO. The van der Waals surface area contributed by atoms with Gasteiger partial charge in [0.15, 0.2) is 0 Å². The van der Waals surface area contributed by atoms with Gasteiger partial charge in [-0.15, -0.1) is 0 Å². The summed E-state index contributed by atoms with van der Waals surface area (Å²) in [6, 6.07) is 0. The van der Waals surface area contributed by atoms with Crippen molar-refractivity contribution in [3.05, 3.63) is 0 Å². The highest BCUT2D eigenvalue weighted by atomic mass is 16.3. The average Bonchev–Trinajstić information content (AvgIpc) is 2.16. The zero-order valence-electron chi connectivity index (χ0n) is 7.12. The minimum absolute atomic E-state index is 0.0752. The maximum Gasteiger partial charge on any atom is 0.237 e. The van der Waals surface area contributed by atoms with E-state index in [1.54, 1.807) is 0 Å². The highest BCUT2D eigenvalue weighted by Crippen LogP contribution is 2.29. The van der Waals surface area contributed by atoms with Crippen molar-refractivity contribution in [1.82, 2.24) is 5.43 Å². The number of aliphatic hydroxyl groups excluding tert-OH is 1. The van der Waals surface area contributed by atoms with Crippen LogP contribution in [0.3, 0.4) is 0 Å². The second kappa shape index (κ2) is 4.42. The molecule has 0 aromatic heterocycles. The molecule has 0 aliphatic heterocycles. The second-order valence-corrected chi connectivity index (χ2v) is 3.34. The Morgan fingerprint density at radius 2 is 2.17 bits per heavy atom. The summed E-state index contributed by atoms with van der Waals surface area (Å²) < 4.78 is 0. The number of nitrogens with two attached hydrogens (primary N) is 1. The second-order valence-electron chi connectivity index (χ2n) is 3.34. The molecule has 0 aromatic carbocycles. The van der Waals surface area contributed by atoms with Crippen LogP contribution in [-0.4, -0.2) is 17.6 Å². The van der Waals surface area contributed by atoms with Crippen LogP contribution in [0.15, 0.2) is 0 Å². The van der Waals surface area contributed by atoms with Gasteiger partial charge in [-0.3, -0.25) is 10.2 Å². The molecule has 1 fully saturated rings. The van der Waals surface area contributed by atoms with Gasteiger partial charge in [0, 0.05) is 12.5 Å². The molecule has 0 aromatic rings. The lowest BCUT2D eigenvalue weighted by atomic mass is 9.79. The number of hydrogen-bond acceptors (Lipinski definition) is 3. The Kier molecular flexibility index (Phi) is 3.49. The predicted molar refractivity (Wildman–Crippen MR) is 44.9 cm³/mol. The topological polar surface area (TPSA) is 75.3 Å². The first kappa shape index (κ1) is 9.48. The summed E-state index contributed by atoms with van der Waals surface area (Å²) in [5.74, 6) is 4.95. The summed E-state index contributed by atoms with van der Waals surface area (Å²) in [6.07, 6.45) is 3.97. The minimum atomic E-state index is -0.131. The zero-order chi connectivity index (χ0) is 8.97. The Bertz CT molecular complexity index is 161. The molecule has 1 saturated carbocycles. The molecule has 4 heteroatoms. The van der Waals surface area contributed by atoms with Crippen molar-refractivity contribution in [2.45, 2.75) is 25.7 Å². The maximum atomic E-state index is 11.2. The lowest BCUT2D eigenvalue weighted by Crippen LogP contribution is -2.41. The van der Waals surface area contributed by atoms with Gasteiger partial charge < -0.3 is 5.11 Å². The molecule has 0 saturated heterocycles. The Morgan fingerprint density at radius 3 is 2.75 bits per heavy atom. The van der Waals surface area contributed by atoms with Crippen molar-refractivity contribution >= 4 is 5.91 Å². The molecule has 0 bridgehead atoms. The van der Waals surface area contributed by atoms with Crippen LogP contribution in [-0.2, 0) is 4.79 Å². The third kappa shape index (κ3) is 1.95. The lowest BCUT2D eigenvalue weighted by molar-refractivity contribution is -0.128. The van der Waals surface area contributed by atoms with E-state index in [0.717, 1.165) is 25.7 Å².